The zero-order valence-corrected chi connectivity index (χ0v) is 23.7. The Hall–Kier alpha value is -4.49. The highest BCUT2D eigenvalue weighted by Crippen LogP contribution is 2.38. The average Bonchev–Trinajstić information content (AvgIpc) is 3.25. The molecule has 2 amide bonds. The van der Waals surface area contributed by atoms with Crippen molar-refractivity contribution in [1.29, 1.82) is 0 Å². The van der Waals surface area contributed by atoms with Gasteiger partial charge in [0.25, 0.3) is 11.1 Å². The van der Waals surface area contributed by atoms with E-state index in [0.717, 1.165) is 45.0 Å². The number of hydrogen-bond acceptors (Lipinski definition) is 6. The van der Waals surface area contributed by atoms with Crippen molar-refractivity contribution in [3.05, 3.63) is 119 Å². The smallest absolute Gasteiger partial charge is 0.293 e. The van der Waals surface area contributed by atoms with Crippen molar-refractivity contribution in [1.82, 2.24) is 4.90 Å². The van der Waals surface area contributed by atoms with Gasteiger partial charge >= 0.3 is 0 Å². The van der Waals surface area contributed by atoms with Gasteiger partial charge in [0.05, 0.1) is 18.1 Å². The number of ether oxygens (including phenoxy) is 3. The minimum Gasteiger partial charge on any atom is -0.491 e. The average molecular weight is 566 g/mol. The van der Waals surface area contributed by atoms with Crippen LogP contribution >= 0.6 is 11.8 Å². The summed E-state index contributed by atoms with van der Waals surface area (Å²) in [7, 11) is 0. The molecule has 0 atom stereocenters. The fraction of sp³-hybridized carbons (Fsp3) is 0.176. The first-order valence-corrected chi connectivity index (χ1v) is 14.3. The molecule has 0 bridgehead atoms. The van der Waals surface area contributed by atoms with Crippen LogP contribution in [0.2, 0.25) is 0 Å². The number of thioether (sulfide) groups is 1. The van der Waals surface area contributed by atoms with Crippen LogP contribution in [0.25, 0.3) is 16.8 Å². The van der Waals surface area contributed by atoms with Crippen LogP contribution in [0.15, 0.2) is 102 Å². The van der Waals surface area contributed by atoms with Crippen LogP contribution in [0.1, 0.15) is 23.6 Å². The summed E-state index contributed by atoms with van der Waals surface area (Å²) < 4.78 is 18.1. The van der Waals surface area contributed by atoms with E-state index in [9.17, 15) is 9.59 Å². The molecule has 0 aliphatic carbocycles. The van der Waals surface area contributed by atoms with Gasteiger partial charge in [0.1, 0.15) is 19.0 Å². The predicted molar refractivity (Wildman–Crippen MR) is 164 cm³/mol. The minimum atomic E-state index is -0.339. The first-order chi connectivity index (χ1) is 20.1. The Morgan fingerprint density at radius 1 is 0.878 bits per heavy atom. The number of rotatable bonds is 12. The number of allylic oxidation sites excluding steroid dienone is 1. The molecule has 6 nitrogen and oxygen atoms in total. The van der Waals surface area contributed by atoms with E-state index < -0.39 is 0 Å². The molecule has 5 rings (SSSR count). The molecular weight excluding hydrogens is 534 g/mol. The molecule has 208 valence electrons. The van der Waals surface area contributed by atoms with Crippen molar-refractivity contribution in [3.63, 3.8) is 0 Å². The molecule has 1 aliphatic rings. The summed E-state index contributed by atoms with van der Waals surface area (Å²) in [6, 6.07) is 27.5. The first kappa shape index (κ1) is 28.1. The fourth-order valence-corrected chi connectivity index (χ4v) is 5.51. The van der Waals surface area contributed by atoms with Gasteiger partial charge in [-0.1, -0.05) is 72.8 Å². The lowest BCUT2D eigenvalue weighted by atomic mass is 10.0. The Balaban J connectivity index is 1.32. The van der Waals surface area contributed by atoms with Gasteiger partial charge in [0.2, 0.25) is 0 Å². The summed E-state index contributed by atoms with van der Waals surface area (Å²) in [4.78, 5) is 27.6. The molecule has 7 heteroatoms. The summed E-state index contributed by atoms with van der Waals surface area (Å²) in [5.41, 5.74) is 2.67. The minimum absolute atomic E-state index is 0.156. The number of benzene rings is 4. The van der Waals surface area contributed by atoms with E-state index in [-0.39, 0.29) is 24.3 Å². The van der Waals surface area contributed by atoms with Crippen LogP contribution in [0.5, 0.6) is 17.2 Å². The summed E-state index contributed by atoms with van der Waals surface area (Å²) in [5, 5.41) is 1.74. The molecule has 1 fully saturated rings. The van der Waals surface area contributed by atoms with Gasteiger partial charge in [-0.3, -0.25) is 14.5 Å². The van der Waals surface area contributed by atoms with Gasteiger partial charge in [-0.25, -0.2) is 0 Å². The van der Waals surface area contributed by atoms with E-state index in [4.69, 9.17) is 14.2 Å². The first-order valence-electron chi connectivity index (χ1n) is 13.5. The number of fused-ring (bicyclic) bond motifs is 1. The molecule has 41 heavy (non-hydrogen) atoms. The molecule has 0 N–H and O–H groups in total. The molecule has 0 spiro atoms. The Morgan fingerprint density at radius 2 is 1.66 bits per heavy atom. The maximum atomic E-state index is 13.2. The van der Waals surface area contributed by atoms with Crippen LogP contribution in [0.3, 0.4) is 0 Å². The van der Waals surface area contributed by atoms with Gasteiger partial charge < -0.3 is 14.2 Å². The molecular formula is C34H31NO5S. The summed E-state index contributed by atoms with van der Waals surface area (Å²) >= 11 is 0.926. The Bertz CT molecular complexity index is 1590. The summed E-state index contributed by atoms with van der Waals surface area (Å²) in [5.74, 6) is 1.61. The maximum absolute atomic E-state index is 13.2. The number of imide groups is 1. The van der Waals surface area contributed by atoms with Gasteiger partial charge in [-0.2, -0.15) is 0 Å². The van der Waals surface area contributed by atoms with E-state index in [0.29, 0.717) is 36.0 Å². The zero-order valence-electron chi connectivity index (χ0n) is 22.9. The number of carbonyl (C=O) groups excluding carboxylic acids is 2. The van der Waals surface area contributed by atoms with E-state index in [2.05, 4.69) is 6.58 Å². The highest BCUT2D eigenvalue weighted by Gasteiger charge is 2.35. The van der Waals surface area contributed by atoms with Crippen LogP contribution in [0, 0.1) is 0 Å². The van der Waals surface area contributed by atoms with Crippen molar-refractivity contribution >= 4 is 39.8 Å². The number of carbonyl (C=O) groups is 2. The second kappa shape index (κ2) is 13.2. The Labute approximate surface area is 244 Å². The van der Waals surface area contributed by atoms with Crippen molar-refractivity contribution in [2.75, 3.05) is 19.8 Å². The molecule has 0 unspecified atom stereocenters. The molecule has 4 aromatic carbocycles. The van der Waals surface area contributed by atoms with Crippen LogP contribution < -0.4 is 14.2 Å². The lowest BCUT2D eigenvalue weighted by molar-refractivity contribution is -0.123. The standard InChI is InChI=1S/C34H31NO5S/c1-3-11-27-20-25(21-30(38-4-2)32(27)40-23-24-12-6-5-7-13-24)22-31-33(36)35(34(37)41-31)18-19-39-29-17-10-15-26-14-8-9-16-28(26)29/h3,5-10,12-17,20-22H,1,4,11,18-19,23H2,2H3/b31-22-. The second-order valence-corrected chi connectivity index (χ2v) is 10.4. The second-order valence-electron chi connectivity index (χ2n) is 9.37. The van der Waals surface area contributed by atoms with Crippen molar-refractivity contribution in [3.8, 4) is 17.2 Å². The quantitative estimate of drug-likeness (QED) is 0.130. The normalized spacial score (nSPS) is 14.1. The summed E-state index contributed by atoms with van der Waals surface area (Å²) in [6.45, 7) is 7.00. The highest BCUT2D eigenvalue weighted by atomic mass is 32.2. The molecule has 1 aliphatic heterocycles. The molecule has 0 saturated carbocycles. The SMILES string of the molecule is C=CCc1cc(/C=C2\SC(=O)N(CCOc3cccc4ccccc34)C2=O)cc(OCC)c1OCc1ccccc1. The van der Waals surface area contributed by atoms with E-state index in [1.165, 1.54) is 4.90 Å². The molecule has 0 aromatic heterocycles. The van der Waals surface area contributed by atoms with Gasteiger partial charge in [0, 0.05) is 10.9 Å². The fourth-order valence-electron chi connectivity index (χ4n) is 4.64. The Kier molecular flexibility index (Phi) is 9.06. The van der Waals surface area contributed by atoms with Gasteiger partial charge in [-0.15, -0.1) is 6.58 Å². The van der Waals surface area contributed by atoms with Crippen molar-refractivity contribution < 1.29 is 23.8 Å². The van der Waals surface area contributed by atoms with Crippen molar-refractivity contribution in [2.45, 2.75) is 20.0 Å². The molecule has 1 saturated heterocycles. The lowest BCUT2D eigenvalue weighted by Gasteiger charge is -2.17. The van der Waals surface area contributed by atoms with Crippen LogP contribution in [-0.4, -0.2) is 35.8 Å². The number of amides is 2. The van der Waals surface area contributed by atoms with E-state index in [1.54, 1.807) is 12.2 Å². The molecule has 4 aromatic rings. The molecule has 1 heterocycles. The monoisotopic (exact) mass is 565 g/mol. The third kappa shape index (κ3) is 6.64. The third-order valence-corrected chi connectivity index (χ3v) is 7.45. The lowest BCUT2D eigenvalue weighted by Crippen LogP contribution is -2.32. The van der Waals surface area contributed by atoms with Crippen molar-refractivity contribution in [2.24, 2.45) is 0 Å². The predicted octanol–water partition coefficient (Wildman–Crippen LogP) is 7.66. The highest BCUT2D eigenvalue weighted by molar-refractivity contribution is 8.18. The van der Waals surface area contributed by atoms with E-state index in [1.807, 2.05) is 91.9 Å². The van der Waals surface area contributed by atoms with E-state index >= 15 is 0 Å². The number of nitrogens with zero attached hydrogens (tertiary/aromatic N) is 1. The summed E-state index contributed by atoms with van der Waals surface area (Å²) in [6.07, 6.45) is 4.08. The maximum Gasteiger partial charge on any atom is 0.293 e. The topological polar surface area (TPSA) is 65.1 Å². The molecule has 0 radical (unpaired) electrons. The van der Waals surface area contributed by atoms with Crippen LogP contribution in [-0.2, 0) is 17.8 Å². The Morgan fingerprint density at radius 3 is 2.46 bits per heavy atom. The number of hydrogen-bond donors (Lipinski definition) is 0. The van der Waals surface area contributed by atoms with Gasteiger partial charge in [0.15, 0.2) is 11.5 Å². The largest absolute Gasteiger partial charge is 0.491 e. The zero-order chi connectivity index (χ0) is 28.6. The third-order valence-electron chi connectivity index (χ3n) is 6.54. The van der Waals surface area contributed by atoms with Crippen LogP contribution in [0.4, 0.5) is 4.79 Å². The van der Waals surface area contributed by atoms with Gasteiger partial charge in [-0.05, 0) is 65.9 Å².